The molecule has 0 aliphatic heterocycles. The third-order valence-corrected chi connectivity index (χ3v) is 4.10. The van der Waals surface area contributed by atoms with Crippen molar-refractivity contribution in [2.24, 2.45) is 11.8 Å². The zero-order valence-corrected chi connectivity index (χ0v) is 11.8. The smallest absolute Gasteiger partial charge is 0.124 e. The fraction of sp³-hybridized carbons (Fsp3) is 0.562. The quantitative estimate of drug-likeness (QED) is 0.829. The van der Waals surface area contributed by atoms with Crippen LogP contribution in [0.5, 0.6) is 11.5 Å². The highest BCUT2D eigenvalue weighted by molar-refractivity contribution is 5.43. The minimum atomic E-state index is 0.254. The van der Waals surface area contributed by atoms with Crippen molar-refractivity contribution in [2.75, 3.05) is 7.11 Å². The molecular weight excluding hydrogens is 238 g/mol. The van der Waals surface area contributed by atoms with Crippen LogP contribution in [0.4, 0.5) is 0 Å². The number of hydrogen-bond donors (Lipinski definition) is 0. The van der Waals surface area contributed by atoms with Gasteiger partial charge in [0.1, 0.15) is 11.5 Å². The molecule has 3 nitrogen and oxygen atoms in total. The van der Waals surface area contributed by atoms with E-state index in [9.17, 15) is 0 Å². The lowest BCUT2D eigenvalue weighted by atomic mass is 9.80. The van der Waals surface area contributed by atoms with Crippen molar-refractivity contribution in [3.05, 3.63) is 23.8 Å². The minimum absolute atomic E-state index is 0.254. The third kappa shape index (κ3) is 3.41. The largest absolute Gasteiger partial charge is 0.497 e. The number of benzene rings is 1. The maximum absolute atomic E-state index is 9.00. The molecule has 1 aromatic carbocycles. The lowest BCUT2D eigenvalue weighted by Crippen LogP contribution is -2.28. The van der Waals surface area contributed by atoms with Gasteiger partial charge in [0.2, 0.25) is 0 Å². The molecule has 19 heavy (non-hydrogen) atoms. The van der Waals surface area contributed by atoms with Gasteiger partial charge >= 0.3 is 0 Å². The summed E-state index contributed by atoms with van der Waals surface area (Å²) in [7, 11) is 1.60. The molecule has 1 aromatic rings. The van der Waals surface area contributed by atoms with E-state index in [1.807, 2.05) is 6.07 Å². The van der Waals surface area contributed by atoms with Crippen LogP contribution in [0.2, 0.25) is 0 Å². The van der Waals surface area contributed by atoms with E-state index < -0.39 is 0 Å². The van der Waals surface area contributed by atoms with Crippen LogP contribution in [0.15, 0.2) is 18.2 Å². The molecular formula is C16H21NO2. The van der Waals surface area contributed by atoms with Gasteiger partial charge in [-0.25, -0.2) is 0 Å². The van der Waals surface area contributed by atoms with Crippen molar-refractivity contribution in [1.29, 1.82) is 5.26 Å². The molecule has 0 heterocycles. The Labute approximate surface area is 115 Å². The van der Waals surface area contributed by atoms with E-state index in [1.54, 1.807) is 19.2 Å². The van der Waals surface area contributed by atoms with Gasteiger partial charge in [-0.2, -0.15) is 5.26 Å². The van der Waals surface area contributed by atoms with Crippen LogP contribution in [-0.4, -0.2) is 13.2 Å². The van der Waals surface area contributed by atoms with Crippen LogP contribution in [0.1, 0.15) is 38.7 Å². The van der Waals surface area contributed by atoms with Crippen LogP contribution in [0.3, 0.4) is 0 Å². The lowest BCUT2D eigenvalue weighted by molar-refractivity contribution is 0.100. The summed E-state index contributed by atoms with van der Waals surface area (Å²) in [6.07, 6.45) is 3.64. The van der Waals surface area contributed by atoms with Crippen LogP contribution in [0, 0.1) is 23.2 Å². The number of ether oxygens (including phenoxy) is 2. The highest BCUT2D eigenvalue weighted by Crippen LogP contribution is 2.32. The zero-order valence-electron chi connectivity index (χ0n) is 11.8. The monoisotopic (exact) mass is 259 g/mol. The van der Waals surface area contributed by atoms with Crippen molar-refractivity contribution in [3.63, 3.8) is 0 Å². The molecule has 1 aliphatic carbocycles. The van der Waals surface area contributed by atoms with Crippen molar-refractivity contribution in [1.82, 2.24) is 0 Å². The van der Waals surface area contributed by atoms with Crippen molar-refractivity contribution >= 4 is 0 Å². The Bertz CT molecular complexity index is 478. The number of nitriles is 1. The van der Waals surface area contributed by atoms with Gasteiger partial charge in [-0.05, 0) is 43.2 Å². The van der Waals surface area contributed by atoms with Crippen LogP contribution in [0.25, 0.3) is 0 Å². The predicted molar refractivity (Wildman–Crippen MR) is 74.3 cm³/mol. The Hall–Kier alpha value is -1.69. The first-order valence-corrected chi connectivity index (χ1v) is 6.88. The van der Waals surface area contributed by atoms with Crippen molar-refractivity contribution < 1.29 is 9.47 Å². The summed E-state index contributed by atoms with van der Waals surface area (Å²) in [5, 5.41) is 9.00. The normalized spacial score (nSPS) is 26.5. The van der Waals surface area contributed by atoms with E-state index in [0.29, 0.717) is 17.2 Å². The van der Waals surface area contributed by atoms with Gasteiger partial charge in [-0.1, -0.05) is 13.8 Å². The molecule has 1 aliphatic rings. The van der Waals surface area contributed by atoms with Crippen molar-refractivity contribution in [3.8, 4) is 17.6 Å². The Balaban J connectivity index is 2.09. The average Bonchev–Trinajstić information content (AvgIpc) is 2.42. The fourth-order valence-electron chi connectivity index (χ4n) is 2.62. The zero-order chi connectivity index (χ0) is 13.8. The van der Waals surface area contributed by atoms with E-state index in [2.05, 4.69) is 19.9 Å². The van der Waals surface area contributed by atoms with E-state index >= 15 is 0 Å². The molecule has 3 atom stereocenters. The first kappa shape index (κ1) is 13.7. The Morgan fingerprint density at radius 1 is 1.11 bits per heavy atom. The second-order valence-corrected chi connectivity index (χ2v) is 5.52. The number of nitrogens with zero attached hydrogens (tertiary/aromatic N) is 1. The number of hydrogen-bond acceptors (Lipinski definition) is 3. The van der Waals surface area contributed by atoms with E-state index in [-0.39, 0.29) is 6.10 Å². The van der Waals surface area contributed by atoms with Gasteiger partial charge in [-0.15, -0.1) is 0 Å². The molecule has 0 spiro atoms. The third-order valence-electron chi connectivity index (χ3n) is 4.10. The van der Waals surface area contributed by atoms with E-state index in [4.69, 9.17) is 14.7 Å². The minimum Gasteiger partial charge on any atom is -0.497 e. The SMILES string of the molecule is COc1cc(C#N)cc(OC2CCC(C)C(C)C2)c1. The summed E-state index contributed by atoms with van der Waals surface area (Å²) >= 11 is 0. The summed E-state index contributed by atoms with van der Waals surface area (Å²) in [6, 6.07) is 7.49. The van der Waals surface area contributed by atoms with Crippen molar-refractivity contribution in [2.45, 2.75) is 39.2 Å². The number of methoxy groups -OCH3 is 1. The number of rotatable bonds is 3. The lowest BCUT2D eigenvalue weighted by Gasteiger charge is -2.32. The van der Waals surface area contributed by atoms with Gasteiger partial charge < -0.3 is 9.47 Å². The molecule has 2 rings (SSSR count). The van der Waals surface area contributed by atoms with Crippen LogP contribution < -0.4 is 9.47 Å². The van der Waals surface area contributed by atoms with E-state index in [1.165, 1.54) is 6.42 Å². The Morgan fingerprint density at radius 2 is 1.84 bits per heavy atom. The molecule has 1 saturated carbocycles. The highest BCUT2D eigenvalue weighted by Gasteiger charge is 2.25. The second kappa shape index (κ2) is 5.97. The first-order valence-electron chi connectivity index (χ1n) is 6.88. The predicted octanol–water partition coefficient (Wildman–Crippen LogP) is 3.77. The van der Waals surface area contributed by atoms with Crippen LogP contribution in [-0.2, 0) is 0 Å². The summed E-state index contributed by atoms with van der Waals surface area (Å²) < 4.78 is 11.2. The fourth-order valence-corrected chi connectivity index (χ4v) is 2.62. The van der Waals surface area contributed by atoms with Gasteiger partial charge in [0.25, 0.3) is 0 Å². The van der Waals surface area contributed by atoms with Gasteiger partial charge in [0.15, 0.2) is 0 Å². The van der Waals surface area contributed by atoms with Gasteiger partial charge in [-0.3, -0.25) is 0 Å². The summed E-state index contributed by atoms with van der Waals surface area (Å²) in [4.78, 5) is 0. The molecule has 0 aromatic heterocycles. The summed E-state index contributed by atoms with van der Waals surface area (Å²) in [5.74, 6) is 2.88. The molecule has 0 bridgehead atoms. The topological polar surface area (TPSA) is 42.2 Å². The first-order chi connectivity index (χ1) is 9.12. The second-order valence-electron chi connectivity index (χ2n) is 5.52. The molecule has 0 radical (unpaired) electrons. The highest BCUT2D eigenvalue weighted by atomic mass is 16.5. The van der Waals surface area contributed by atoms with E-state index in [0.717, 1.165) is 24.5 Å². The maximum atomic E-state index is 9.00. The maximum Gasteiger partial charge on any atom is 0.124 e. The van der Waals surface area contributed by atoms with Gasteiger partial charge in [0, 0.05) is 6.07 Å². The standard InChI is InChI=1S/C16H21NO2/c1-11-4-5-14(6-12(11)2)19-16-8-13(10-17)7-15(9-16)18-3/h7-9,11-12,14H,4-6H2,1-3H3. The molecule has 3 unspecified atom stereocenters. The summed E-state index contributed by atoms with van der Waals surface area (Å²) in [6.45, 7) is 4.59. The molecule has 1 fully saturated rings. The molecule has 3 heteroatoms. The average molecular weight is 259 g/mol. The molecule has 0 saturated heterocycles. The van der Waals surface area contributed by atoms with Crippen LogP contribution >= 0.6 is 0 Å². The molecule has 102 valence electrons. The Kier molecular flexibility index (Phi) is 4.31. The molecule has 0 amide bonds. The van der Waals surface area contributed by atoms with Gasteiger partial charge in [0.05, 0.1) is 24.8 Å². The summed E-state index contributed by atoms with van der Waals surface area (Å²) in [5.41, 5.74) is 0.576. The molecule has 0 N–H and O–H groups in total. The Morgan fingerprint density at radius 3 is 2.47 bits per heavy atom.